The number of nitro groups is 2. The number of nitrogens with two attached hydrogens (primary N) is 1. The Balaban J connectivity index is 0.000000155. The average Bonchev–Trinajstić information content (AvgIpc) is 0.748. The van der Waals surface area contributed by atoms with E-state index in [0.29, 0.717) is 112 Å². The second-order valence-electron chi connectivity index (χ2n) is 34.6. The normalized spacial score (nSPS) is 16.4. The number of non-ortho nitro benzene ring substituents is 2. The lowest BCUT2D eigenvalue weighted by molar-refractivity contribution is -0.385. The van der Waals surface area contributed by atoms with Gasteiger partial charge in [-0.25, -0.2) is 56.5 Å². The van der Waals surface area contributed by atoms with Crippen LogP contribution in [0.4, 0.5) is 82.6 Å². The van der Waals surface area contributed by atoms with E-state index >= 15 is 0 Å². The van der Waals surface area contributed by atoms with E-state index in [9.17, 15) is 76.7 Å². The summed E-state index contributed by atoms with van der Waals surface area (Å²) < 4.78 is 171. The van der Waals surface area contributed by atoms with Crippen LogP contribution in [0.1, 0.15) is 62.3 Å². The molecule has 0 spiro atoms. The smallest absolute Gasteiger partial charge is 0.410 e. The maximum atomic E-state index is 13.4. The summed E-state index contributed by atoms with van der Waals surface area (Å²) in [6.07, 6.45) is 0.0973. The van der Waals surface area contributed by atoms with Gasteiger partial charge in [0.15, 0.2) is 23.0 Å². The van der Waals surface area contributed by atoms with Gasteiger partial charge in [-0.2, -0.15) is 0 Å². The number of nitro benzene ring substituents is 2. The van der Waals surface area contributed by atoms with Crippen LogP contribution < -0.4 is 72.6 Å². The zero-order valence-corrected chi connectivity index (χ0v) is 80.6. The number of hydrogen-bond donors (Lipinski definition) is 4. The number of anilines is 10. The molecule has 0 bridgehead atoms. The fourth-order valence-electron chi connectivity index (χ4n) is 15.3. The van der Waals surface area contributed by atoms with Gasteiger partial charge in [0.25, 0.3) is 50.5 Å². The second kappa shape index (κ2) is 42.0. The van der Waals surface area contributed by atoms with E-state index in [2.05, 4.69) is 36.1 Å². The van der Waals surface area contributed by atoms with Crippen LogP contribution in [-0.4, -0.2) is 265 Å². The summed E-state index contributed by atoms with van der Waals surface area (Å²) in [6, 6.07) is 44.0. The lowest BCUT2D eigenvalue weighted by atomic mass is 10.2. The summed E-state index contributed by atoms with van der Waals surface area (Å²) in [5.74, 6) is 2.43. The number of carbonyl (C=O) groups excluding carboxylic acids is 3. The number of fused-ring (bicyclic) bond motifs is 4. The summed E-state index contributed by atoms with van der Waals surface area (Å²) in [6.45, 7) is 29.6. The van der Waals surface area contributed by atoms with Crippen molar-refractivity contribution in [3.63, 3.8) is 0 Å². The number of sulfonamides is 4. The van der Waals surface area contributed by atoms with Crippen molar-refractivity contribution in [2.75, 3.05) is 212 Å². The van der Waals surface area contributed by atoms with E-state index in [1.165, 1.54) is 79.6 Å². The molecule has 5 N–H and O–H groups in total. The minimum absolute atomic E-state index is 0.0107. The summed E-state index contributed by atoms with van der Waals surface area (Å²) in [7, 11) is -14.2. The summed E-state index contributed by atoms with van der Waals surface area (Å²) in [5.41, 5.74) is 10.1. The van der Waals surface area contributed by atoms with Crippen molar-refractivity contribution in [2.24, 2.45) is 0 Å². The Kier molecular flexibility index (Phi) is 31.5. The molecule has 8 aromatic carbocycles. The van der Waals surface area contributed by atoms with Crippen LogP contribution in [0.15, 0.2) is 189 Å². The van der Waals surface area contributed by atoms with E-state index in [0.717, 1.165) is 98.4 Å². The maximum Gasteiger partial charge on any atom is 0.410 e. The van der Waals surface area contributed by atoms with Crippen LogP contribution >= 0.6 is 10.7 Å². The van der Waals surface area contributed by atoms with Crippen molar-refractivity contribution in [3.05, 3.63) is 190 Å². The van der Waals surface area contributed by atoms with Crippen LogP contribution in [0.3, 0.4) is 0 Å². The number of nitrogens with one attached hydrogen (secondary N) is 3. The van der Waals surface area contributed by atoms with Gasteiger partial charge in [-0.3, -0.25) is 37.9 Å². The molecule has 8 aliphatic heterocycles. The first-order chi connectivity index (χ1) is 63.1. The first kappa shape index (κ1) is 101. The highest BCUT2D eigenvalue weighted by atomic mass is 35.7. The molecule has 3 amide bonds. The number of rotatable bonds is 15. The van der Waals surface area contributed by atoms with Gasteiger partial charge < -0.3 is 83.8 Å². The number of nitrogens with zero attached hydrogens (tertiary/aromatic N) is 12. The Bertz CT molecular complexity index is 6220. The molecule has 8 aromatic rings. The van der Waals surface area contributed by atoms with Gasteiger partial charge in [0.05, 0.1) is 101 Å². The number of amides is 3. The molecule has 16 rings (SSSR count). The van der Waals surface area contributed by atoms with Crippen LogP contribution in [0.5, 0.6) is 23.0 Å². The Morgan fingerprint density at radius 3 is 1.07 bits per heavy atom. The van der Waals surface area contributed by atoms with Gasteiger partial charge in [-0.05, 0) is 159 Å². The molecule has 4 fully saturated rings. The predicted molar refractivity (Wildman–Crippen MR) is 510 cm³/mol. The zero-order valence-electron chi connectivity index (χ0n) is 75.8. The Morgan fingerprint density at radius 2 is 0.701 bits per heavy atom. The molecule has 0 saturated carbocycles. The van der Waals surface area contributed by atoms with E-state index in [1.807, 2.05) is 110 Å². The summed E-state index contributed by atoms with van der Waals surface area (Å²) in [4.78, 5) is 70.4. The van der Waals surface area contributed by atoms with Crippen molar-refractivity contribution < 1.29 is 99.5 Å². The average molecular weight is 1970 g/mol. The highest BCUT2D eigenvalue weighted by Gasteiger charge is 2.40. The zero-order chi connectivity index (χ0) is 97.0. The van der Waals surface area contributed by atoms with Crippen molar-refractivity contribution in [3.8, 4) is 23.0 Å². The Labute approximate surface area is 784 Å². The minimum Gasteiger partial charge on any atom is -0.487 e. The predicted octanol–water partition coefficient (Wildman–Crippen LogP) is 11.3. The van der Waals surface area contributed by atoms with Crippen LogP contribution in [0, 0.1) is 20.2 Å². The van der Waals surface area contributed by atoms with Gasteiger partial charge in [0.1, 0.15) is 43.2 Å². The number of hydrogen-bond acceptors (Lipinski definition) is 31. The van der Waals surface area contributed by atoms with Gasteiger partial charge in [-0.15, -0.1) is 0 Å². The summed E-state index contributed by atoms with van der Waals surface area (Å²) >= 11 is 0. The van der Waals surface area contributed by atoms with Gasteiger partial charge in [0.2, 0.25) is 10.0 Å². The fourth-order valence-corrected chi connectivity index (χ4v) is 21.1. The molecule has 46 heteroatoms. The standard InChI is InChI=1S/C23H28N4O7S.C23H30N4O5S.C19H24N4O5S2.C17H25N3O3.C6H4ClNO4S/c1-23(2,3)34-22(28)25-12-10-24(11-13-25)19-8-5-9-20-21(19)33-15-14-26(20)35(31,32)18-7-4-6-17(16-18)27(29)30;1-23(2,3)32-22(28)26-12-10-25(11-13-26)19-8-5-9-20-21(19)31-15-14-27(20)33(29,30)18-7-4-6-17(24)16-18;1-29(24,25)21-15-4-2-5-16(14-15)30(26,27)23-12-13-28-19-17(6-3-7-18(19)23)22-10-8-20-9-11-22;1-17(2,3)23-16(21)20-10-8-19(9-11-20)14-6-4-5-13-15(14)22-12-7-18-13;7-13(11,12)6-3-1-2-5(4-6)8(9)10/h4-9,16H,10-15H2,1-3H3;4-9,16H,10-15,24H2,1-3H3;2-7,14,20-21H,8-13H2,1H3;4-6,18H,7-12H2,1-3H3;1-4H. The molecular weight excluding hydrogens is 1860 g/mol. The largest absolute Gasteiger partial charge is 0.487 e. The Hall–Kier alpha value is -12.4. The first-order valence-electron chi connectivity index (χ1n) is 43.0. The van der Waals surface area contributed by atoms with Crippen molar-refractivity contribution in [1.29, 1.82) is 0 Å². The number of piperazine rings is 4. The molecule has 0 unspecified atom stereocenters. The van der Waals surface area contributed by atoms with Crippen molar-refractivity contribution in [2.45, 2.75) is 98.7 Å². The molecule has 0 radical (unpaired) electrons. The van der Waals surface area contributed by atoms with Gasteiger partial charge in [-0.1, -0.05) is 48.5 Å². The SMILES string of the molecule is CC(C)(C)OC(=O)N1CCN(c2cccc3c2OCCN3)CC1.CC(C)(C)OC(=O)N1CCN(c2cccc3c2OCCN3S(=O)(=O)c2cccc(N)c2)CC1.CC(C)(C)OC(=O)N1CCN(c2cccc3c2OCCN3S(=O)(=O)c2cccc([N+](=O)[O-])c2)CC1.CS(=O)(=O)Nc1cccc(S(=O)(=O)N2CCOc3c(N4CCNCC4)cccc32)c1.O=[N+]([O-])c1cccc(S(=O)(=O)Cl)c1. The van der Waals surface area contributed by atoms with E-state index in [4.69, 9.17) is 49.6 Å². The molecule has 0 aromatic heterocycles. The molecule has 724 valence electrons. The topological polar surface area (TPSA) is 467 Å². The third-order valence-electron chi connectivity index (χ3n) is 21.4. The first-order valence-corrected chi connectivity index (χ1v) is 51.5. The molecule has 8 heterocycles. The van der Waals surface area contributed by atoms with Crippen LogP contribution in [0.2, 0.25) is 0 Å². The number of ether oxygens (including phenoxy) is 7. The Morgan fingerprint density at radius 1 is 0.388 bits per heavy atom. The van der Waals surface area contributed by atoms with Crippen LogP contribution in [0.25, 0.3) is 0 Å². The van der Waals surface area contributed by atoms with Gasteiger partial charge in [0, 0.05) is 158 Å². The number of nitrogen functional groups attached to an aromatic ring is 1. The molecule has 134 heavy (non-hydrogen) atoms. The lowest BCUT2D eigenvalue weighted by Crippen LogP contribution is -2.50. The van der Waals surface area contributed by atoms with E-state index < -0.39 is 75.8 Å². The van der Waals surface area contributed by atoms with Gasteiger partial charge >= 0.3 is 18.3 Å². The highest BCUT2D eigenvalue weighted by molar-refractivity contribution is 8.13. The number of benzene rings is 8. The summed E-state index contributed by atoms with van der Waals surface area (Å²) in [5, 5.41) is 28.1. The van der Waals surface area contributed by atoms with Crippen molar-refractivity contribution >= 4 is 146 Å². The van der Waals surface area contributed by atoms with Crippen LogP contribution in [-0.2, 0) is 63.4 Å². The highest BCUT2D eigenvalue weighted by Crippen LogP contribution is 2.47. The third-order valence-corrected chi connectivity index (χ3v) is 28.8. The second-order valence-corrected chi connectivity index (χ2v) is 44.5. The minimum atomic E-state index is -4.06. The third kappa shape index (κ3) is 25.5. The number of halogens is 1. The number of carbonyl (C=O) groups is 3. The fraction of sp³-hybridized carbons (Fsp3) is 0.420. The number of para-hydroxylation sites is 4. The molecular formula is C88H111ClN16O24S5. The molecule has 0 aliphatic carbocycles. The quantitative estimate of drug-likeness (QED) is 0.0243. The molecule has 40 nitrogen and oxygen atoms in total. The molecule has 4 saturated heterocycles. The lowest BCUT2D eigenvalue weighted by Gasteiger charge is -2.39. The molecule has 8 aliphatic rings. The van der Waals surface area contributed by atoms with Crippen molar-refractivity contribution in [1.82, 2.24) is 20.0 Å². The monoisotopic (exact) mass is 1970 g/mol. The van der Waals surface area contributed by atoms with E-state index in [-0.39, 0.29) is 94.4 Å². The molecule has 0 atom stereocenters. The maximum absolute atomic E-state index is 13.4. The van der Waals surface area contributed by atoms with E-state index in [1.54, 1.807) is 57.2 Å².